The molecule has 1 atom stereocenters. The highest BCUT2D eigenvalue weighted by atomic mass is 16.5. The van der Waals surface area contributed by atoms with Crippen molar-refractivity contribution in [3.8, 4) is 5.75 Å². The van der Waals surface area contributed by atoms with Crippen molar-refractivity contribution in [3.63, 3.8) is 0 Å². The third kappa shape index (κ3) is 5.41. The van der Waals surface area contributed by atoms with Crippen LogP contribution in [0.5, 0.6) is 5.75 Å². The first-order chi connectivity index (χ1) is 16.3. The lowest BCUT2D eigenvalue weighted by Crippen LogP contribution is -2.46. The van der Waals surface area contributed by atoms with Gasteiger partial charge in [0.2, 0.25) is 17.7 Å². The van der Waals surface area contributed by atoms with E-state index in [-0.39, 0.29) is 35.7 Å². The average Bonchev–Trinajstić information content (AvgIpc) is 3.41. The second kappa shape index (κ2) is 10.1. The maximum Gasteiger partial charge on any atom is 0.244 e. The highest BCUT2D eigenvalue weighted by Crippen LogP contribution is 2.48. The van der Waals surface area contributed by atoms with E-state index in [9.17, 15) is 9.59 Å². The molecule has 34 heavy (non-hydrogen) atoms. The zero-order valence-corrected chi connectivity index (χ0v) is 20.5. The minimum atomic E-state index is -0.101. The smallest absolute Gasteiger partial charge is 0.244 e. The molecule has 4 rings (SSSR count). The van der Waals surface area contributed by atoms with E-state index >= 15 is 0 Å². The van der Waals surface area contributed by atoms with Gasteiger partial charge in [-0.2, -0.15) is 4.98 Å². The van der Waals surface area contributed by atoms with Crippen molar-refractivity contribution in [2.45, 2.75) is 52.6 Å². The van der Waals surface area contributed by atoms with Crippen molar-refractivity contribution in [2.75, 3.05) is 33.3 Å². The number of likely N-dealkylation sites (tertiary alicyclic amines) is 2. The van der Waals surface area contributed by atoms with Crippen molar-refractivity contribution in [2.24, 2.45) is 11.3 Å². The molecular formula is C25H35N5O4. The summed E-state index contributed by atoms with van der Waals surface area (Å²) in [4.78, 5) is 34.0. The van der Waals surface area contributed by atoms with Crippen LogP contribution in [0.4, 0.5) is 0 Å². The molecule has 2 saturated heterocycles. The van der Waals surface area contributed by atoms with Crippen LogP contribution in [0.3, 0.4) is 0 Å². The summed E-state index contributed by atoms with van der Waals surface area (Å²) >= 11 is 0. The number of carbonyl (C=O) groups is 2. The van der Waals surface area contributed by atoms with Gasteiger partial charge in [0.1, 0.15) is 5.75 Å². The van der Waals surface area contributed by atoms with Gasteiger partial charge < -0.3 is 19.5 Å². The first-order valence-corrected chi connectivity index (χ1v) is 12.0. The highest BCUT2D eigenvalue weighted by Gasteiger charge is 2.48. The number of methoxy groups -OCH3 is 1. The number of benzene rings is 1. The molecule has 9 heteroatoms. The fourth-order valence-corrected chi connectivity index (χ4v) is 5.16. The number of ether oxygens (including phenoxy) is 1. The second-order valence-electron chi connectivity index (χ2n) is 9.91. The van der Waals surface area contributed by atoms with Crippen LogP contribution < -0.4 is 10.1 Å². The third-order valence-corrected chi connectivity index (χ3v) is 7.03. The maximum absolute atomic E-state index is 12.9. The zero-order valence-electron chi connectivity index (χ0n) is 20.5. The van der Waals surface area contributed by atoms with Crippen molar-refractivity contribution in [1.29, 1.82) is 0 Å². The largest absolute Gasteiger partial charge is 0.497 e. The fourth-order valence-electron chi connectivity index (χ4n) is 5.16. The summed E-state index contributed by atoms with van der Waals surface area (Å²) in [6.07, 6.45) is 2.68. The Labute approximate surface area is 200 Å². The van der Waals surface area contributed by atoms with E-state index in [1.807, 2.05) is 43.0 Å². The van der Waals surface area contributed by atoms with Crippen LogP contribution in [0.1, 0.15) is 56.4 Å². The summed E-state index contributed by atoms with van der Waals surface area (Å²) in [5.41, 5.74) is 1.02. The number of amides is 2. The lowest BCUT2D eigenvalue weighted by Gasteiger charge is -2.40. The van der Waals surface area contributed by atoms with Gasteiger partial charge in [-0.3, -0.25) is 14.5 Å². The molecule has 1 spiro atoms. The minimum absolute atomic E-state index is 0.0107. The van der Waals surface area contributed by atoms with Gasteiger partial charge in [0.05, 0.1) is 19.7 Å². The number of hydrogen-bond donors (Lipinski definition) is 1. The van der Waals surface area contributed by atoms with Gasteiger partial charge in [-0.1, -0.05) is 31.1 Å². The highest BCUT2D eigenvalue weighted by molar-refractivity contribution is 5.78. The van der Waals surface area contributed by atoms with Gasteiger partial charge in [-0.15, -0.1) is 0 Å². The fraction of sp³-hybridized carbons (Fsp3) is 0.600. The normalized spacial score (nSPS) is 20.1. The van der Waals surface area contributed by atoms with E-state index in [0.29, 0.717) is 18.3 Å². The molecule has 1 N–H and O–H groups in total. The number of aromatic nitrogens is 2. The molecule has 184 valence electrons. The Morgan fingerprint density at radius 1 is 1.29 bits per heavy atom. The lowest BCUT2D eigenvalue weighted by atomic mass is 9.76. The third-order valence-electron chi connectivity index (χ3n) is 7.03. The molecule has 9 nitrogen and oxygen atoms in total. The molecule has 0 saturated carbocycles. The van der Waals surface area contributed by atoms with Crippen molar-refractivity contribution < 1.29 is 18.8 Å². The Morgan fingerprint density at radius 2 is 2.06 bits per heavy atom. The Hall–Kier alpha value is -2.94. The summed E-state index contributed by atoms with van der Waals surface area (Å²) in [7, 11) is 1.63. The topological polar surface area (TPSA) is 101 Å². The van der Waals surface area contributed by atoms with E-state index < -0.39 is 0 Å². The predicted octanol–water partition coefficient (Wildman–Crippen LogP) is 2.71. The molecular weight excluding hydrogens is 434 g/mol. The summed E-state index contributed by atoms with van der Waals surface area (Å²) < 4.78 is 10.8. The number of aryl methyl sites for hydroxylation is 1. The van der Waals surface area contributed by atoms with Crippen LogP contribution in [0.15, 0.2) is 28.8 Å². The molecule has 3 heterocycles. The van der Waals surface area contributed by atoms with Crippen molar-refractivity contribution >= 4 is 11.8 Å². The number of nitrogens with one attached hydrogen (secondary N) is 1. The Morgan fingerprint density at radius 3 is 2.71 bits per heavy atom. The predicted molar refractivity (Wildman–Crippen MR) is 126 cm³/mol. The number of rotatable bonds is 7. The van der Waals surface area contributed by atoms with E-state index in [1.54, 1.807) is 14.0 Å². The van der Waals surface area contributed by atoms with Gasteiger partial charge in [0.15, 0.2) is 5.82 Å². The molecule has 0 radical (unpaired) electrons. The van der Waals surface area contributed by atoms with Crippen LogP contribution >= 0.6 is 0 Å². The first kappa shape index (κ1) is 24.2. The Balaban J connectivity index is 1.42. The van der Waals surface area contributed by atoms with E-state index in [2.05, 4.69) is 20.4 Å². The molecule has 2 aliphatic heterocycles. The number of nitrogens with zero attached hydrogens (tertiary/aromatic N) is 4. The van der Waals surface area contributed by atoms with Gasteiger partial charge in [-0.25, -0.2) is 0 Å². The van der Waals surface area contributed by atoms with E-state index in [1.165, 1.54) is 0 Å². The molecule has 0 aliphatic carbocycles. The molecule has 2 aliphatic rings. The lowest BCUT2D eigenvalue weighted by molar-refractivity contribution is -0.136. The Kier molecular flexibility index (Phi) is 7.21. The maximum atomic E-state index is 12.9. The van der Waals surface area contributed by atoms with Crippen LogP contribution in [0.2, 0.25) is 0 Å². The van der Waals surface area contributed by atoms with E-state index in [0.717, 1.165) is 50.2 Å². The summed E-state index contributed by atoms with van der Waals surface area (Å²) in [5, 5.41) is 7.00. The summed E-state index contributed by atoms with van der Waals surface area (Å²) in [5.74, 6) is 2.10. The van der Waals surface area contributed by atoms with Gasteiger partial charge in [-0.05, 0) is 49.3 Å². The monoisotopic (exact) mass is 469 g/mol. The average molecular weight is 470 g/mol. The SMILES string of the molecule is COc1cccc(CNC(=O)CN2CC3(CCN(C(=O)C(C)C)CC3)CC2c2nc(C)no2)c1. The van der Waals surface area contributed by atoms with Crippen LogP contribution in [-0.2, 0) is 16.1 Å². The first-order valence-electron chi connectivity index (χ1n) is 12.0. The minimum Gasteiger partial charge on any atom is -0.497 e. The van der Waals surface area contributed by atoms with Gasteiger partial charge >= 0.3 is 0 Å². The molecule has 2 fully saturated rings. The zero-order chi connectivity index (χ0) is 24.3. The molecule has 2 aromatic rings. The standard InChI is InChI=1S/C25H35N5O4/c1-17(2)24(32)29-10-8-25(9-11-29)13-21(23-27-18(3)28-34-23)30(16-25)15-22(31)26-14-19-6-5-7-20(12-19)33-4/h5-7,12,17,21H,8-11,13-16H2,1-4H3,(H,26,31). The van der Waals surface area contributed by atoms with Crippen LogP contribution in [-0.4, -0.2) is 65.0 Å². The number of hydrogen-bond acceptors (Lipinski definition) is 7. The van der Waals surface area contributed by atoms with Gasteiger partial charge in [0, 0.05) is 32.1 Å². The Bertz CT molecular complexity index is 1010. The number of piperidine rings is 1. The quantitative estimate of drug-likeness (QED) is 0.665. The molecule has 0 bridgehead atoms. The van der Waals surface area contributed by atoms with Crippen LogP contribution in [0.25, 0.3) is 0 Å². The van der Waals surface area contributed by atoms with Crippen molar-refractivity contribution in [3.05, 3.63) is 41.5 Å². The van der Waals surface area contributed by atoms with E-state index in [4.69, 9.17) is 9.26 Å². The molecule has 1 unspecified atom stereocenters. The second-order valence-corrected chi connectivity index (χ2v) is 9.91. The van der Waals surface area contributed by atoms with Crippen molar-refractivity contribution in [1.82, 2.24) is 25.3 Å². The number of carbonyl (C=O) groups excluding carboxylic acids is 2. The molecule has 2 amide bonds. The van der Waals surface area contributed by atoms with Gasteiger partial charge in [0.25, 0.3) is 0 Å². The molecule has 1 aromatic carbocycles. The summed E-state index contributed by atoms with van der Waals surface area (Å²) in [6.45, 7) is 8.67. The van der Waals surface area contributed by atoms with Crippen LogP contribution in [0, 0.1) is 18.3 Å². The molecule has 1 aromatic heterocycles. The summed E-state index contributed by atoms with van der Waals surface area (Å²) in [6, 6.07) is 7.57.